The zero-order valence-electron chi connectivity index (χ0n) is 13.2. The van der Waals surface area contributed by atoms with E-state index in [2.05, 4.69) is 31.0 Å². The molecule has 1 atom stereocenters. The molecular weight excluding hydrogens is 255 g/mol. The van der Waals surface area contributed by atoms with Gasteiger partial charge in [-0.15, -0.1) is 0 Å². The first-order chi connectivity index (χ1) is 9.54. The summed E-state index contributed by atoms with van der Waals surface area (Å²) in [5, 5.41) is 3.21. The minimum absolute atomic E-state index is 0.0426. The van der Waals surface area contributed by atoms with E-state index in [1.165, 1.54) is 6.07 Å². The van der Waals surface area contributed by atoms with Crippen LogP contribution in [0.25, 0.3) is 0 Å². The molecule has 1 rings (SSSR count). The number of halogens is 1. The zero-order chi connectivity index (χ0) is 15.1. The average Bonchev–Trinajstić information content (AvgIpc) is 2.44. The SMILES string of the molecule is CCN(CCC(NC)c1c(F)cccc1OC)C(C)C. The third-order valence-electron chi connectivity index (χ3n) is 3.77. The van der Waals surface area contributed by atoms with Gasteiger partial charge in [-0.05, 0) is 46.0 Å². The van der Waals surface area contributed by atoms with Gasteiger partial charge in [-0.3, -0.25) is 0 Å². The third-order valence-corrected chi connectivity index (χ3v) is 3.77. The molecular formula is C16H27FN2O. The van der Waals surface area contributed by atoms with Gasteiger partial charge >= 0.3 is 0 Å². The van der Waals surface area contributed by atoms with Crippen LogP contribution in [0.15, 0.2) is 18.2 Å². The molecule has 0 aliphatic rings. The molecule has 0 saturated heterocycles. The van der Waals surface area contributed by atoms with Gasteiger partial charge in [0.2, 0.25) is 0 Å². The molecule has 0 saturated carbocycles. The van der Waals surface area contributed by atoms with Gasteiger partial charge in [0.15, 0.2) is 0 Å². The molecule has 1 aromatic rings. The summed E-state index contributed by atoms with van der Waals surface area (Å²) >= 11 is 0. The van der Waals surface area contributed by atoms with Gasteiger partial charge in [0.05, 0.1) is 7.11 Å². The van der Waals surface area contributed by atoms with Crippen molar-refractivity contribution in [3.63, 3.8) is 0 Å². The molecule has 0 bridgehead atoms. The number of hydrogen-bond acceptors (Lipinski definition) is 3. The Bertz CT molecular complexity index is 409. The molecule has 0 aliphatic carbocycles. The van der Waals surface area contributed by atoms with Crippen molar-refractivity contribution in [2.24, 2.45) is 0 Å². The number of nitrogens with one attached hydrogen (secondary N) is 1. The quantitative estimate of drug-likeness (QED) is 0.792. The van der Waals surface area contributed by atoms with E-state index in [4.69, 9.17) is 4.74 Å². The largest absolute Gasteiger partial charge is 0.496 e. The lowest BCUT2D eigenvalue weighted by atomic mass is 10.0. The molecule has 0 fully saturated rings. The highest BCUT2D eigenvalue weighted by Crippen LogP contribution is 2.29. The summed E-state index contributed by atoms with van der Waals surface area (Å²) in [5.74, 6) is 0.397. The maximum Gasteiger partial charge on any atom is 0.131 e. The van der Waals surface area contributed by atoms with Gasteiger partial charge < -0.3 is 15.0 Å². The number of nitrogens with zero attached hydrogens (tertiary/aromatic N) is 1. The van der Waals surface area contributed by atoms with Crippen LogP contribution in [-0.4, -0.2) is 38.2 Å². The van der Waals surface area contributed by atoms with E-state index >= 15 is 0 Å². The number of rotatable bonds is 8. The molecule has 0 aliphatic heterocycles. The van der Waals surface area contributed by atoms with E-state index in [1.807, 2.05) is 13.1 Å². The van der Waals surface area contributed by atoms with Crippen LogP contribution in [0.3, 0.4) is 0 Å². The van der Waals surface area contributed by atoms with Gasteiger partial charge in [0, 0.05) is 24.2 Å². The van der Waals surface area contributed by atoms with Crippen LogP contribution < -0.4 is 10.1 Å². The van der Waals surface area contributed by atoms with Crippen molar-refractivity contribution in [3.8, 4) is 5.75 Å². The van der Waals surface area contributed by atoms with E-state index in [0.29, 0.717) is 17.4 Å². The molecule has 114 valence electrons. The van der Waals surface area contributed by atoms with Crippen LogP contribution in [-0.2, 0) is 0 Å². The monoisotopic (exact) mass is 282 g/mol. The second-order valence-electron chi connectivity index (χ2n) is 5.21. The summed E-state index contributed by atoms with van der Waals surface area (Å²) in [6, 6.07) is 5.43. The summed E-state index contributed by atoms with van der Waals surface area (Å²) in [7, 11) is 3.44. The molecule has 1 aromatic carbocycles. The molecule has 1 N–H and O–H groups in total. The Balaban J connectivity index is 2.86. The normalized spacial score (nSPS) is 13.0. The lowest BCUT2D eigenvalue weighted by molar-refractivity contribution is 0.220. The summed E-state index contributed by atoms with van der Waals surface area (Å²) in [4.78, 5) is 2.37. The fourth-order valence-electron chi connectivity index (χ4n) is 2.54. The van der Waals surface area contributed by atoms with E-state index in [1.54, 1.807) is 13.2 Å². The van der Waals surface area contributed by atoms with E-state index in [-0.39, 0.29) is 11.9 Å². The summed E-state index contributed by atoms with van der Waals surface area (Å²) in [5.41, 5.74) is 0.623. The summed E-state index contributed by atoms with van der Waals surface area (Å²) < 4.78 is 19.4. The highest BCUT2D eigenvalue weighted by atomic mass is 19.1. The topological polar surface area (TPSA) is 24.5 Å². The Morgan fingerprint density at radius 3 is 2.55 bits per heavy atom. The molecule has 0 spiro atoms. The molecule has 0 amide bonds. The predicted molar refractivity (Wildman–Crippen MR) is 81.8 cm³/mol. The Labute approximate surface area is 122 Å². The van der Waals surface area contributed by atoms with Crippen molar-refractivity contribution in [3.05, 3.63) is 29.6 Å². The first-order valence-corrected chi connectivity index (χ1v) is 7.28. The minimum atomic E-state index is -0.212. The molecule has 20 heavy (non-hydrogen) atoms. The second kappa shape index (κ2) is 8.22. The molecule has 0 heterocycles. The average molecular weight is 282 g/mol. The van der Waals surface area contributed by atoms with E-state index in [0.717, 1.165) is 19.5 Å². The van der Waals surface area contributed by atoms with Gasteiger partial charge in [0.25, 0.3) is 0 Å². The van der Waals surface area contributed by atoms with Crippen molar-refractivity contribution in [1.29, 1.82) is 0 Å². The van der Waals surface area contributed by atoms with Crippen LogP contribution in [0.2, 0.25) is 0 Å². The van der Waals surface area contributed by atoms with Crippen LogP contribution in [0.5, 0.6) is 5.75 Å². The zero-order valence-corrected chi connectivity index (χ0v) is 13.2. The Kier molecular flexibility index (Phi) is 6.96. The minimum Gasteiger partial charge on any atom is -0.496 e. The van der Waals surface area contributed by atoms with Crippen molar-refractivity contribution in [2.75, 3.05) is 27.2 Å². The van der Waals surface area contributed by atoms with Crippen LogP contribution >= 0.6 is 0 Å². The van der Waals surface area contributed by atoms with Gasteiger partial charge in [-0.25, -0.2) is 4.39 Å². The molecule has 3 nitrogen and oxygen atoms in total. The second-order valence-corrected chi connectivity index (χ2v) is 5.21. The van der Waals surface area contributed by atoms with Crippen LogP contribution in [0.4, 0.5) is 4.39 Å². The maximum absolute atomic E-state index is 14.1. The fourth-order valence-corrected chi connectivity index (χ4v) is 2.54. The van der Waals surface area contributed by atoms with Crippen molar-refractivity contribution >= 4 is 0 Å². The summed E-state index contributed by atoms with van der Waals surface area (Å²) in [6.07, 6.45) is 0.847. The smallest absolute Gasteiger partial charge is 0.131 e. The highest BCUT2D eigenvalue weighted by molar-refractivity contribution is 5.37. The lowest BCUT2D eigenvalue weighted by Gasteiger charge is -2.28. The molecule has 0 aromatic heterocycles. The first kappa shape index (κ1) is 16.9. The number of ether oxygens (including phenoxy) is 1. The third kappa shape index (κ3) is 4.18. The maximum atomic E-state index is 14.1. The predicted octanol–water partition coefficient (Wildman–Crippen LogP) is 3.22. The van der Waals surface area contributed by atoms with Gasteiger partial charge in [-0.1, -0.05) is 13.0 Å². The summed E-state index contributed by atoms with van der Waals surface area (Å²) in [6.45, 7) is 8.45. The van der Waals surface area contributed by atoms with Crippen molar-refractivity contribution in [2.45, 2.75) is 39.3 Å². The first-order valence-electron chi connectivity index (χ1n) is 7.28. The number of hydrogen-bond donors (Lipinski definition) is 1. The lowest BCUT2D eigenvalue weighted by Crippen LogP contribution is -2.34. The molecule has 4 heteroatoms. The Morgan fingerprint density at radius 1 is 1.35 bits per heavy atom. The standard InChI is InChI=1S/C16H27FN2O/c1-6-19(12(2)3)11-10-14(18-4)16-13(17)8-7-9-15(16)20-5/h7-9,12,14,18H,6,10-11H2,1-5H3. The Morgan fingerprint density at radius 2 is 2.05 bits per heavy atom. The van der Waals surface area contributed by atoms with Crippen LogP contribution in [0.1, 0.15) is 38.8 Å². The van der Waals surface area contributed by atoms with Crippen molar-refractivity contribution in [1.82, 2.24) is 10.2 Å². The van der Waals surface area contributed by atoms with E-state index < -0.39 is 0 Å². The number of methoxy groups -OCH3 is 1. The van der Waals surface area contributed by atoms with Gasteiger partial charge in [-0.2, -0.15) is 0 Å². The van der Waals surface area contributed by atoms with Crippen LogP contribution in [0, 0.1) is 5.82 Å². The Hall–Kier alpha value is -1.13. The van der Waals surface area contributed by atoms with E-state index in [9.17, 15) is 4.39 Å². The molecule has 0 radical (unpaired) electrons. The highest BCUT2D eigenvalue weighted by Gasteiger charge is 2.20. The van der Waals surface area contributed by atoms with Crippen molar-refractivity contribution < 1.29 is 9.13 Å². The fraction of sp³-hybridized carbons (Fsp3) is 0.625. The van der Waals surface area contributed by atoms with Gasteiger partial charge in [0.1, 0.15) is 11.6 Å². The molecule has 1 unspecified atom stereocenters. The number of benzene rings is 1.